The molecule has 1 aliphatic heterocycles. The van der Waals surface area contributed by atoms with Crippen molar-refractivity contribution in [3.63, 3.8) is 0 Å². The van der Waals surface area contributed by atoms with Gasteiger partial charge in [0.05, 0.1) is 39.4 Å². The molecule has 0 radical (unpaired) electrons. The van der Waals surface area contributed by atoms with Gasteiger partial charge in [0.1, 0.15) is 11.8 Å². The van der Waals surface area contributed by atoms with Crippen LogP contribution in [0.15, 0.2) is 35.5 Å². The lowest BCUT2D eigenvalue weighted by Gasteiger charge is -2.37. The highest BCUT2D eigenvalue weighted by molar-refractivity contribution is 7.80. The van der Waals surface area contributed by atoms with E-state index in [-0.39, 0.29) is 12.6 Å². The molecule has 0 saturated heterocycles. The number of carbonyl (C=O) groups excluding carboxylic acids is 1. The van der Waals surface area contributed by atoms with Crippen molar-refractivity contribution >= 4 is 23.3 Å². The maximum atomic E-state index is 12.5. The molecule has 8 heteroatoms. The topological polar surface area (TPSA) is 79.0 Å². The van der Waals surface area contributed by atoms with Crippen molar-refractivity contribution in [3.05, 3.63) is 41.1 Å². The van der Waals surface area contributed by atoms with E-state index in [4.69, 9.17) is 27.0 Å². The molecule has 1 atom stereocenters. The fourth-order valence-electron chi connectivity index (χ4n) is 3.14. The maximum absolute atomic E-state index is 12.5. The summed E-state index contributed by atoms with van der Waals surface area (Å²) in [5.74, 6) is 0.211. The fraction of sp³-hybridized carbons (Fsp3) is 0.450. The number of nitrogens with zero attached hydrogens (tertiary/aromatic N) is 2. The third-order valence-electron chi connectivity index (χ3n) is 4.58. The predicted octanol–water partition coefficient (Wildman–Crippen LogP) is 0.802. The molecule has 0 fully saturated rings. The summed E-state index contributed by atoms with van der Waals surface area (Å²) in [5, 5.41) is 12.5. The average Bonchev–Trinajstić information content (AvgIpc) is 2.68. The zero-order valence-electron chi connectivity index (χ0n) is 16.7. The quantitative estimate of drug-likeness (QED) is 0.491. The molecule has 0 aromatic heterocycles. The van der Waals surface area contributed by atoms with Crippen LogP contribution in [0, 0.1) is 11.3 Å². The SMILES string of the molecule is COC(=O)C1=C(C)N(CCC[NH+](C)C)C(=S)N[C@H]1c1ccc(OCC#N)cc1. The van der Waals surface area contributed by atoms with Crippen LogP contribution in [0.3, 0.4) is 0 Å². The summed E-state index contributed by atoms with van der Waals surface area (Å²) < 4.78 is 10.3. The summed E-state index contributed by atoms with van der Waals surface area (Å²) in [5.41, 5.74) is 2.21. The summed E-state index contributed by atoms with van der Waals surface area (Å²) in [6.07, 6.45) is 0.950. The van der Waals surface area contributed by atoms with Gasteiger partial charge in [-0.1, -0.05) is 12.1 Å². The second-order valence-corrected chi connectivity index (χ2v) is 7.24. The maximum Gasteiger partial charge on any atom is 0.337 e. The lowest BCUT2D eigenvalue weighted by molar-refractivity contribution is -0.858. The molecule has 0 bridgehead atoms. The average molecular weight is 404 g/mol. The van der Waals surface area contributed by atoms with Crippen LogP contribution < -0.4 is 15.0 Å². The molecule has 1 heterocycles. The second-order valence-electron chi connectivity index (χ2n) is 6.85. The predicted molar refractivity (Wildman–Crippen MR) is 110 cm³/mol. The van der Waals surface area contributed by atoms with Crippen LogP contribution in [0.4, 0.5) is 0 Å². The van der Waals surface area contributed by atoms with Crippen LogP contribution in [0.25, 0.3) is 0 Å². The van der Waals surface area contributed by atoms with Crippen molar-refractivity contribution in [3.8, 4) is 11.8 Å². The Balaban J connectivity index is 2.31. The van der Waals surface area contributed by atoms with E-state index in [1.807, 2.05) is 30.0 Å². The van der Waals surface area contributed by atoms with Crippen molar-refractivity contribution in [1.82, 2.24) is 10.2 Å². The number of carbonyl (C=O) groups is 1. The van der Waals surface area contributed by atoms with Gasteiger partial charge in [0.15, 0.2) is 11.7 Å². The third-order valence-corrected chi connectivity index (χ3v) is 4.92. The molecule has 0 unspecified atom stereocenters. The highest BCUT2D eigenvalue weighted by atomic mass is 32.1. The molecular formula is C20H27N4O3S+. The van der Waals surface area contributed by atoms with E-state index < -0.39 is 6.04 Å². The number of nitriles is 1. The van der Waals surface area contributed by atoms with Gasteiger partial charge in [0.2, 0.25) is 0 Å². The highest BCUT2D eigenvalue weighted by Gasteiger charge is 2.34. The van der Waals surface area contributed by atoms with E-state index in [1.165, 1.54) is 12.0 Å². The molecule has 28 heavy (non-hydrogen) atoms. The van der Waals surface area contributed by atoms with E-state index in [9.17, 15) is 4.79 Å². The van der Waals surface area contributed by atoms with E-state index in [2.05, 4.69) is 19.4 Å². The van der Waals surface area contributed by atoms with Crippen LogP contribution in [0.5, 0.6) is 5.75 Å². The molecule has 2 N–H and O–H groups in total. The number of quaternary nitrogens is 1. The first-order chi connectivity index (χ1) is 13.4. The molecule has 0 aliphatic carbocycles. The Morgan fingerprint density at radius 1 is 1.36 bits per heavy atom. The van der Waals surface area contributed by atoms with Crippen LogP contribution in [-0.2, 0) is 9.53 Å². The number of rotatable bonds is 8. The number of hydrogen-bond donors (Lipinski definition) is 2. The largest absolute Gasteiger partial charge is 0.479 e. The Morgan fingerprint density at radius 2 is 2.04 bits per heavy atom. The minimum atomic E-state index is -0.402. The summed E-state index contributed by atoms with van der Waals surface area (Å²) in [4.78, 5) is 15.9. The van der Waals surface area contributed by atoms with E-state index >= 15 is 0 Å². The first-order valence-corrected chi connectivity index (χ1v) is 9.55. The van der Waals surface area contributed by atoms with Gasteiger partial charge in [-0.25, -0.2) is 4.79 Å². The Morgan fingerprint density at radius 3 is 2.61 bits per heavy atom. The smallest absolute Gasteiger partial charge is 0.337 e. The van der Waals surface area contributed by atoms with Crippen LogP contribution in [-0.4, -0.2) is 56.9 Å². The summed E-state index contributed by atoms with van der Waals surface area (Å²) in [7, 11) is 5.59. The van der Waals surface area contributed by atoms with Gasteiger partial charge in [-0.15, -0.1) is 0 Å². The molecule has 150 valence electrons. The molecule has 1 aliphatic rings. The van der Waals surface area contributed by atoms with Crippen LogP contribution >= 0.6 is 12.2 Å². The lowest BCUT2D eigenvalue weighted by Crippen LogP contribution is -3.05. The summed E-state index contributed by atoms with van der Waals surface area (Å²) >= 11 is 5.58. The van der Waals surface area contributed by atoms with E-state index in [0.29, 0.717) is 16.4 Å². The van der Waals surface area contributed by atoms with E-state index in [0.717, 1.165) is 30.8 Å². The van der Waals surface area contributed by atoms with Gasteiger partial charge in [-0.2, -0.15) is 5.26 Å². The molecule has 1 aromatic rings. The third kappa shape index (κ3) is 5.21. The van der Waals surface area contributed by atoms with Gasteiger partial charge >= 0.3 is 5.97 Å². The first kappa shape index (κ1) is 21.7. The molecule has 0 spiro atoms. The minimum absolute atomic E-state index is 0.0127. The van der Waals surface area contributed by atoms with Gasteiger partial charge < -0.3 is 24.6 Å². The van der Waals surface area contributed by atoms with Crippen molar-refractivity contribution in [2.45, 2.75) is 19.4 Å². The van der Waals surface area contributed by atoms with Crippen molar-refractivity contribution in [2.75, 3.05) is 40.9 Å². The number of allylic oxidation sites excluding steroid dienone is 1. The number of methoxy groups -OCH3 is 1. The molecule has 2 rings (SSSR count). The molecular weight excluding hydrogens is 376 g/mol. The first-order valence-electron chi connectivity index (χ1n) is 9.14. The number of thiocarbonyl (C=S) groups is 1. The lowest BCUT2D eigenvalue weighted by atomic mass is 9.95. The van der Waals surface area contributed by atoms with Gasteiger partial charge in [-0.3, -0.25) is 0 Å². The standard InChI is InChI=1S/C20H26N4O3S/c1-14-17(19(25)26-4)18(15-6-8-16(9-7-15)27-13-10-21)22-20(28)24(14)12-5-11-23(2)3/h6-9,18H,5,11-13H2,1-4H3,(H,22,28)/p+1/t18-/m0/s1. The summed E-state index contributed by atoms with van der Waals surface area (Å²) in [6, 6.07) is 8.79. The minimum Gasteiger partial charge on any atom is -0.479 e. The number of ether oxygens (including phenoxy) is 2. The number of hydrogen-bond acceptors (Lipinski definition) is 5. The Labute approximate surface area is 171 Å². The van der Waals surface area contributed by atoms with E-state index in [1.54, 1.807) is 12.1 Å². The van der Waals surface area contributed by atoms with Crippen LogP contribution in [0.1, 0.15) is 24.9 Å². The second kappa shape index (κ2) is 10.1. The molecule has 7 nitrogen and oxygen atoms in total. The highest BCUT2D eigenvalue weighted by Crippen LogP contribution is 2.32. The van der Waals surface area contributed by atoms with Crippen molar-refractivity contribution in [2.24, 2.45) is 0 Å². The fourth-order valence-corrected chi connectivity index (χ4v) is 3.48. The monoisotopic (exact) mass is 403 g/mol. The number of nitrogens with one attached hydrogen (secondary N) is 2. The zero-order chi connectivity index (χ0) is 20.7. The van der Waals surface area contributed by atoms with Crippen LogP contribution in [0.2, 0.25) is 0 Å². The normalized spacial score (nSPS) is 16.6. The van der Waals surface area contributed by atoms with Crippen molar-refractivity contribution in [1.29, 1.82) is 5.26 Å². The zero-order valence-corrected chi connectivity index (χ0v) is 17.6. The Bertz CT molecular complexity index is 784. The number of esters is 1. The molecule has 0 amide bonds. The van der Waals surface area contributed by atoms with Gasteiger partial charge in [0.25, 0.3) is 0 Å². The Hall–Kier alpha value is -2.63. The van der Waals surface area contributed by atoms with Gasteiger partial charge in [-0.05, 0) is 36.8 Å². The van der Waals surface area contributed by atoms with Crippen molar-refractivity contribution < 1.29 is 19.2 Å². The summed E-state index contributed by atoms with van der Waals surface area (Å²) in [6.45, 7) is 3.63. The molecule has 1 aromatic carbocycles. The van der Waals surface area contributed by atoms with Gasteiger partial charge in [0, 0.05) is 18.7 Å². The Kier molecular flexibility index (Phi) is 7.79. The molecule has 0 saturated carbocycles. The number of benzene rings is 1.